The summed E-state index contributed by atoms with van der Waals surface area (Å²) in [5.41, 5.74) is 0.606. The molecule has 0 amide bonds. The molecule has 0 aromatic heterocycles. The Morgan fingerprint density at radius 1 is 1.19 bits per heavy atom. The van der Waals surface area contributed by atoms with Gasteiger partial charge in [-0.25, -0.2) is 0 Å². The van der Waals surface area contributed by atoms with Crippen LogP contribution in [-0.2, 0) is 9.47 Å². The first-order valence-electron chi connectivity index (χ1n) is 6.49. The molecule has 16 heavy (non-hydrogen) atoms. The van der Waals surface area contributed by atoms with Crippen LogP contribution in [0.25, 0.3) is 0 Å². The zero-order chi connectivity index (χ0) is 11.9. The minimum Gasteiger partial charge on any atom is -0.382 e. The highest BCUT2D eigenvalue weighted by Gasteiger charge is 2.41. The van der Waals surface area contributed by atoms with E-state index in [0.29, 0.717) is 18.1 Å². The van der Waals surface area contributed by atoms with E-state index in [2.05, 4.69) is 19.2 Å². The second-order valence-corrected chi connectivity index (χ2v) is 5.24. The number of rotatable bonds is 10. The smallest absolute Gasteiger partial charge is 0.0700 e. The van der Waals surface area contributed by atoms with Crippen molar-refractivity contribution in [3.05, 3.63) is 0 Å². The molecule has 0 radical (unpaired) electrons. The third-order valence-electron chi connectivity index (χ3n) is 3.27. The summed E-state index contributed by atoms with van der Waals surface area (Å²) in [6.45, 7) is 7.93. The lowest BCUT2D eigenvalue weighted by molar-refractivity contribution is 0.0666. The number of ether oxygens (including phenoxy) is 2. The Morgan fingerprint density at radius 3 is 2.50 bits per heavy atom. The highest BCUT2D eigenvalue weighted by molar-refractivity contribution is 4.94. The van der Waals surface area contributed by atoms with Gasteiger partial charge < -0.3 is 14.8 Å². The van der Waals surface area contributed by atoms with Gasteiger partial charge in [0.1, 0.15) is 0 Å². The summed E-state index contributed by atoms with van der Waals surface area (Å²) >= 11 is 0. The molecule has 1 N–H and O–H groups in total. The van der Waals surface area contributed by atoms with Crippen molar-refractivity contribution in [2.75, 3.05) is 33.5 Å². The molecule has 3 nitrogen and oxygen atoms in total. The maximum Gasteiger partial charge on any atom is 0.0700 e. The molecule has 1 rings (SSSR count). The molecular formula is C13H27NO2. The lowest BCUT2D eigenvalue weighted by atomic mass is 10.0. The van der Waals surface area contributed by atoms with Gasteiger partial charge in [0.05, 0.1) is 13.2 Å². The van der Waals surface area contributed by atoms with Gasteiger partial charge in [0.2, 0.25) is 0 Å². The molecule has 0 unspecified atom stereocenters. The monoisotopic (exact) mass is 229 g/mol. The summed E-state index contributed by atoms with van der Waals surface area (Å²) in [5.74, 6) is 0. The van der Waals surface area contributed by atoms with E-state index >= 15 is 0 Å². The summed E-state index contributed by atoms with van der Waals surface area (Å²) in [6, 6.07) is 0.607. The van der Waals surface area contributed by atoms with E-state index in [0.717, 1.165) is 13.2 Å². The van der Waals surface area contributed by atoms with Crippen LogP contribution in [0.15, 0.2) is 0 Å². The Labute approximate surface area is 99.9 Å². The van der Waals surface area contributed by atoms with Crippen molar-refractivity contribution in [3.63, 3.8) is 0 Å². The Balaban J connectivity index is 1.95. The third kappa shape index (κ3) is 5.83. The normalized spacial score (nSPS) is 18.0. The van der Waals surface area contributed by atoms with E-state index in [9.17, 15) is 0 Å². The maximum absolute atomic E-state index is 5.48. The first-order valence-corrected chi connectivity index (χ1v) is 6.49. The summed E-state index contributed by atoms with van der Waals surface area (Å²) < 4.78 is 10.4. The van der Waals surface area contributed by atoms with Gasteiger partial charge in [0.15, 0.2) is 0 Å². The molecule has 3 heteroatoms. The fraction of sp³-hybridized carbons (Fsp3) is 1.00. The molecular weight excluding hydrogens is 202 g/mol. The van der Waals surface area contributed by atoms with Crippen LogP contribution >= 0.6 is 0 Å². The minimum atomic E-state index is 0.606. The second kappa shape index (κ2) is 7.25. The van der Waals surface area contributed by atoms with E-state index in [1.54, 1.807) is 7.11 Å². The minimum absolute atomic E-state index is 0.606. The summed E-state index contributed by atoms with van der Waals surface area (Å²) in [6.07, 6.45) is 5.28. The van der Waals surface area contributed by atoms with Crippen molar-refractivity contribution in [1.82, 2.24) is 5.32 Å². The van der Waals surface area contributed by atoms with Crippen molar-refractivity contribution in [1.29, 1.82) is 0 Å². The van der Waals surface area contributed by atoms with Gasteiger partial charge in [-0.3, -0.25) is 0 Å². The molecule has 0 heterocycles. The predicted molar refractivity (Wildman–Crippen MR) is 66.7 cm³/mol. The lowest BCUT2D eigenvalue weighted by Gasteiger charge is -2.17. The number of hydrogen-bond acceptors (Lipinski definition) is 3. The van der Waals surface area contributed by atoms with Gasteiger partial charge in [-0.05, 0) is 31.1 Å². The van der Waals surface area contributed by atoms with Crippen LogP contribution in [0.4, 0.5) is 0 Å². The molecule has 0 spiro atoms. The summed E-state index contributed by atoms with van der Waals surface area (Å²) in [5, 5.41) is 3.55. The molecule has 1 aliphatic rings. The Hall–Kier alpha value is -0.120. The molecule has 0 aliphatic heterocycles. The first kappa shape index (κ1) is 13.9. The fourth-order valence-corrected chi connectivity index (χ4v) is 1.91. The SMILES string of the molecule is COCCOCCCC1(CNC(C)C)CC1. The van der Waals surface area contributed by atoms with Crippen molar-refractivity contribution >= 4 is 0 Å². The lowest BCUT2D eigenvalue weighted by Crippen LogP contribution is -2.30. The Bertz CT molecular complexity index is 179. The average Bonchev–Trinajstić information content (AvgIpc) is 3.01. The van der Waals surface area contributed by atoms with Crippen LogP contribution in [0, 0.1) is 5.41 Å². The van der Waals surface area contributed by atoms with Crippen LogP contribution < -0.4 is 5.32 Å². The van der Waals surface area contributed by atoms with Gasteiger partial charge in [0.25, 0.3) is 0 Å². The van der Waals surface area contributed by atoms with E-state index in [1.165, 1.54) is 32.2 Å². The van der Waals surface area contributed by atoms with Gasteiger partial charge in [-0.1, -0.05) is 13.8 Å². The quantitative estimate of drug-likeness (QED) is 0.583. The molecule has 0 aromatic rings. The zero-order valence-electron chi connectivity index (χ0n) is 11.1. The van der Waals surface area contributed by atoms with Gasteiger partial charge in [0, 0.05) is 26.3 Å². The average molecular weight is 229 g/mol. The van der Waals surface area contributed by atoms with Gasteiger partial charge in [-0.15, -0.1) is 0 Å². The summed E-state index contributed by atoms with van der Waals surface area (Å²) in [7, 11) is 1.71. The van der Waals surface area contributed by atoms with Crippen LogP contribution in [0.1, 0.15) is 39.5 Å². The van der Waals surface area contributed by atoms with Crippen molar-refractivity contribution in [3.8, 4) is 0 Å². The fourth-order valence-electron chi connectivity index (χ4n) is 1.91. The van der Waals surface area contributed by atoms with Crippen LogP contribution in [0.3, 0.4) is 0 Å². The third-order valence-corrected chi connectivity index (χ3v) is 3.27. The molecule has 0 bridgehead atoms. The molecule has 1 fully saturated rings. The van der Waals surface area contributed by atoms with E-state index in [-0.39, 0.29) is 0 Å². The topological polar surface area (TPSA) is 30.5 Å². The number of nitrogens with one attached hydrogen (secondary N) is 1. The molecule has 0 saturated heterocycles. The van der Waals surface area contributed by atoms with Crippen LogP contribution in [-0.4, -0.2) is 39.5 Å². The number of methoxy groups -OCH3 is 1. The Morgan fingerprint density at radius 2 is 1.94 bits per heavy atom. The zero-order valence-corrected chi connectivity index (χ0v) is 11.1. The molecule has 0 aromatic carbocycles. The summed E-state index contributed by atoms with van der Waals surface area (Å²) in [4.78, 5) is 0. The predicted octanol–water partition coefficient (Wildman–Crippen LogP) is 2.21. The highest BCUT2D eigenvalue weighted by atomic mass is 16.5. The van der Waals surface area contributed by atoms with Gasteiger partial charge >= 0.3 is 0 Å². The molecule has 1 aliphatic carbocycles. The first-order chi connectivity index (χ1) is 7.68. The molecule has 0 atom stereocenters. The highest BCUT2D eigenvalue weighted by Crippen LogP contribution is 2.49. The second-order valence-electron chi connectivity index (χ2n) is 5.24. The van der Waals surface area contributed by atoms with Crippen molar-refractivity contribution in [2.45, 2.75) is 45.6 Å². The number of hydrogen-bond donors (Lipinski definition) is 1. The van der Waals surface area contributed by atoms with E-state index in [4.69, 9.17) is 9.47 Å². The van der Waals surface area contributed by atoms with E-state index < -0.39 is 0 Å². The van der Waals surface area contributed by atoms with Crippen molar-refractivity contribution < 1.29 is 9.47 Å². The molecule has 96 valence electrons. The standard InChI is InChI=1S/C13H27NO2/c1-12(2)14-11-13(6-7-13)5-4-8-16-10-9-15-3/h12,14H,4-11H2,1-3H3. The van der Waals surface area contributed by atoms with Gasteiger partial charge in [-0.2, -0.15) is 0 Å². The molecule has 1 saturated carbocycles. The maximum atomic E-state index is 5.48. The van der Waals surface area contributed by atoms with E-state index in [1.807, 2.05) is 0 Å². The largest absolute Gasteiger partial charge is 0.382 e. The van der Waals surface area contributed by atoms with Crippen LogP contribution in [0.5, 0.6) is 0 Å². The van der Waals surface area contributed by atoms with Crippen LogP contribution in [0.2, 0.25) is 0 Å². The van der Waals surface area contributed by atoms with Crippen molar-refractivity contribution in [2.24, 2.45) is 5.41 Å². The Kier molecular flexibility index (Phi) is 6.32.